The number of pyridine rings is 1. The van der Waals surface area contributed by atoms with Gasteiger partial charge < -0.3 is 9.67 Å². The van der Waals surface area contributed by atoms with Crippen molar-refractivity contribution in [2.45, 2.75) is 31.7 Å². The Bertz CT molecular complexity index is 548. The molecule has 2 heterocycles. The molecule has 1 fully saturated rings. The van der Waals surface area contributed by atoms with Crippen molar-refractivity contribution in [1.82, 2.24) is 14.5 Å². The average Bonchev–Trinajstić information content (AvgIpc) is 3.09. The monoisotopic (exact) mass is 295 g/mol. The molecule has 0 spiro atoms. The first-order valence-electron chi connectivity index (χ1n) is 5.92. The van der Waals surface area contributed by atoms with E-state index >= 15 is 0 Å². The first-order valence-corrected chi connectivity index (χ1v) is 6.71. The number of nitrogens with zero attached hydrogens (tertiary/aromatic N) is 3. The van der Waals surface area contributed by atoms with Crippen LogP contribution in [0, 0.1) is 0 Å². The van der Waals surface area contributed by atoms with E-state index in [-0.39, 0.29) is 6.61 Å². The molecule has 1 N–H and O–H groups in total. The van der Waals surface area contributed by atoms with E-state index in [0.29, 0.717) is 5.92 Å². The third-order valence-electron chi connectivity index (χ3n) is 3.06. The SMILES string of the molecule is OCCCn1c(C2CC2)nc2cc(Br)cnc21. The Kier molecular flexibility index (Phi) is 2.88. The molecule has 0 unspecified atom stereocenters. The van der Waals surface area contributed by atoms with Crippen molar-refractivity contribution in [1.29, 1.82) is 0 Å². The molecular weight excluding hydrogens is 282 g/mol. The predicted molar refractivity (Wildman–Crippen MR) is 68.9 cm³/mol. The number of imidazole rings is 1. The van der Waals surface area contributed by atoms with Crippen molar-refractivity contribution < 1.29 is 5.11 Å². The maximum atomic E-state index is 8.96. The number of fused-ring (bicyclic) bond motifs is 1. The highest BCUT2D eigenvalue weighted by Gasteiger charge is 2.29. The van der Waals surface area contributed by atoms with E-state index in [1.54, 1.807) is 6.20 Å². The van der Waals surface area contributed by atoms with Crippen LogP contribution in [-0.2, 0) is 6.54 Å². The van der Waals surface area contributed by atoms with Gasteiger partial charge in [-0.3, -0.25) is 0 Å². The number of hydrogen-bond donors (Lipinski definition) is 1. The Morgan fingerprint density at radius 2 is 2.29 bits per heavy atom. The molecule has 1 aliphatic carbocycles. The Morgan fingerprint density at radius 1 is 1.47 bits per heavy atom. The Morgan fingerprint density at radius 3 is 3.00 bits per heavy atom. The minimum atomic E-state index is 0.209. The average molecular weight is 296 g/mol. The van der Waals surface area contributed by atoms with Crippen LogP contribution in [0.25, 0.3) is 11.2 Å². The van der Waals surface area contributed by atoms with Crippen molar-refractivity contribution in [2.24, 2.45) is 0 Å². The van der Waals surface area contributed by atoms with Gasteiger partial charge in [-0.25, -0.2) is 9.97 Å². The van der Waals surface area contributed by atoms with Gasteiger partial charge in [-0.2, -0.15) is 0 Å². The van der Waals surface area contributed by atoms with Crippen LogP contribution in [0.4, 0.5) is 0 Å². The van der Waals surface area contributed by atoms with Gasteiger partial charge >= 0.3 is 0 Å². The Labute approximate surface area is 108 Å². The zero-order chi connectivity index (χ0) is 11.8. The second-order valence-electron chi connectivity index (χ2n) is 4.47. The molecule has 0 bridgehead atoms. The zero-order valence-electron chi connectivity index (χ0n) is 9.43. The molecule has 4 nitrogen and oxygen atoms in total. The van der Waals surface area contributed by atoms with Crippen LogP contribution in [0.2, 0.25) is 0 Å². The van der Waals surface area contributed by atoms with E-state index in [2.05, 4.69) is 30.5 Å². The fraction of sp³-hybridized carbons (Fsp3) is 0.500. The summed E-state index contributed by atoms with van der Waals surface area (Å²) in [4.78, 5) is 9.11. The van der Waals surface area contributed by atoms with Gasteiger partial charge in [-0.15, -0.1) is 0 Å². The number of aliphatic hydroxyl groups excluding tert-OH is 1. The van der Waals surface area contributed by atoms with Crippen LogP contribution in [0.5, 0.6) is 0 Å². The maximum absolute atomic E-state index is 8.96. The van der Waals surface area contributed by atoms with E-state index in [4.69, 9.17) is 5.11 Å². The summed E-state index contributed by atoms with van der Waals surface area (Å²) in [7, 11) is 0. The lowest BCUT2D eigenvalue weighted by Crippen LogP contribution is -2.05. The molecule has 0 aromatic carbocycles. The molecule has 90 valence electrons. The molecular formula is C12H14BrN3O. The molecule has 0 amide bonds. The molecule has 0 radical (unpaired) electrons. The number of aryl methyl sites for hydroxylation is 1. The molecule has 17 heavy (non-hydrogen) atoms. The standard InChI is InChI=1S/C12H14BrN3O/c13-9-6-10-12(14-7-9)16(4-1-5-17)11(15-10)8-2-3-8/h6-8,17H,1-5H2. The molecule has 1 saturated carbocycles. The molecule has 2 aromatic rings. The molecule has 0 aliphatic heterocycles. The third-order valence-corrected chi connectivity index (χ3v) is 3.50. The zero-order valence-corrected chi connectivity index (χ0v) is 11.0. The van der Waals surface area contributed by atoms with E-state index in [1.165, 1.54) is 12.8 Å². The van der Waals surface area contributed by atoms with Crippen molar-refractivity contribution in [3.05, 3.63) is 22.6 Å². The number of hydrogen-bond acceptors (Lipinski definition) is 3. The van der Waals surface area contributed by atoms with Crippen LogP contribution in [-0.4, -0.2) is 26.2 Å². The summed E-state index contributed by atoms with van der Waals surface area (Å²) in [6, 6.07) is 2.00. The highest BCUT2D eigenvalue weighted by atomic mass is 79.9. The highest BCUT2D eigenvalue weighted by Crippen LogP contribution is 2.40. The smallest absolute Gasteiger partial charge is 0.160 e. The van der Waals surface area contributed by atoms with Gasteiger partial charge in [-0.05, 0) is 41.3 Å². The Hall–Kier alpha value is -0.940. The van der Waals surface area contributed by atoms with Crippen molar-refractivity contribution in [3.63, 3.8) is 0 Å². The van der Waals surface area contributed by atoms with Crippen LogP contribution >= 0.6 is 15.9 Å². The summed E-state index contributed by atoms with van der Waals surface area (Å²) in [6.07, 6.45) is 5.01. The van der Waals surface area contributed by atoms with Gasteiger partial charge in [-0.1, -0.05) is 0 Å². The number of rotatable bonds is 4. The van der Waals surface area contributed by atoms with E-state index in [0.717, 1.165) is 34.4 Å². The van der Waals surface area contributed by atoms with Gasteiger partial charge in [0.15, 0.2) is 5.65 Å². The summed E-state index contributed by atoms with van der Waals surface area (Å²) in [5, 5.41) is 8.96. The molecule has 1 aliphatic rings. The molecule has 5 heteroatoms. The van der Waals surface area contributed by atoms with E-state index in [1.807, 2.05) is 6.07 Å². The second kappa shape index (κ2) is 4.38. The number of aromatic nitrogens is 3. The first kappa shape index (κ1) is 11.2. The fourth-order valence-corrected chi connectivity index (χ4v) is 2.43. The van der Waals surface area contributed by atoms with Gasteiger partial charge in [0.2, 0.25) is 0 Å². The largest absolute Gasteiger partial charge is 0.396 e. The molecule has 2 aromatic heterocycles. The number of aliphatic hydroxyl groups is 1. The lowest BCUT2D eigenvalue weighted by atomic mass is 10.3. The van der Waals surface area contributed by atoms with Crippen LogP contribution in [0.15, 0.2) is 16.7 Å². The predicted octanol–water partition coefficient (Wildman–Crippen LogP) is 2.45. The second-order valence-corrected chi connectivity index (χ2v) is 5.39. The Balaban J connectivity index is 2.09. The summed E-state index contributed by atoms with van der Waals surface area (Å²) >= 11 is 3.42. The fourth-order valence-electron chi connectivity index (χ4n) is 2.11. The van der Waals surface area contributed by atoms with Crippen molar-refractivity contribution >= 4 is 27.1 Å². The normalized spacial score (nSPS) is 15.6. The van der Waals surface area contributed by atoms with Gasteiger partial charge in [0, 0.05) is 29.7 Å². The van der Waals surface area contributed by atoms with Crippen LogP contribution in [0.3, 0.4) is 0 Å². The van der Waals surface area contributed by atoms with Crippen molar-refractivity contribution in [2.75, 3.05) is 6.61 Å². The number of halogens is 1. The van der Waals surface area contributed by atoms with Gasteiger partial charge in [0.05, 0.1) is 0 Å². The minimum absolute atomic E-state index is 0.209. The van der Waals surface area contributed by atoms with Gasteiger partial charge in [0.25, 0.3) is 0 Å². The molecule has 3 rings (SSSR count). The first-order chi connectivity index (χ1) is 8.29. The quantitative estimate of drug-likeness (QED) is 0.943. The lowest BCUT2D eigenvalue weighted by molar-refractivity contribution is 0.279. The highest BCUT2D eigenvalue weighted by molar-refractivity contribution is 9.10. The summed E-state index contributed by atoms with van der Waals surface area (Å²) in [5.74, 6) is 1.74. The maximum Gasteiger partial charge on any atom is 0.160 e. The van der Waals surface area contributed by atoms with Crippen molar-refractivity contribution in [3.8, 4) is 0 Å². The molecule has 0 saturated heterocycles. The van der Waals surface area contributed by atoms with E-state index < -0.39 is 0 Å². The summed E-state index contributed by atoms with van der Waals surface area (Å²) in [6.45, 7) is 1.01. The summed E-state index contributed by atoms with van der Waals surface area (Å²) in [5.41, 5.74) is 1.88. The van der Waals surface area contributed by atoms with E-state index in [9.17, 15) is 0 Å². The topological polar surface area (TPSA) is 50.9 Å². The van der Waals surface area contributed by atoms with Crippen LogP contribution in [0.1, 0.15) is 31.0 Å². The minimum Gasteiger partial charge on any atom is -0.396 e. The molecule has 0 atom stereocenters. The third kappa shape index (κ3) is 2.09. The lowest BCUT2D eigenvalue weighted by Gasteiger charge is -2.06. The van der Waals surface area contributed by atoms with Gasteiger partial charge in [0.1, 0.15) is 11.3 Å². The van der Waals surface area contributed by atoms with Crippen LogP contribution < -0.4 is 0 Å². The summed E-state index contributed by atoms with van der Waals surface area (Å²) < 4.78 is 3.12.